The van der Waals surface area contributed by atoms with Crippen molar-refractivity contribution in [1.82, 2.24) is 14.1 Å². The van der Waals surface area contributed by atoms with Crippen molar-refractivity contribution >= 4 is 21.9 Å². The molecule has 1 aromatic rings. The number of alkyl halides is 3. The molecule has 0 aliphatic carbocycles. The number of anilines is 1. The summed E-state index contributed by atoms with van der Waals surface area (Å²) in [7, 11) is -4.00. The Bertz CT molecular complexity index is 858. The second kappa shape index (κ2) is 9.67. The van der Waals surface area contributed by atoms with Crippen LogP contribution in [0.4, 0.5) is 28.0 Å². The summed E-state index contributed by atoms with van der Waals surface area (Å²) in [6.45, 7) is -0.354. The molecule has 2 heterocycles. The van der Waals surface area contributed by atoms with Gasteiger partial charge < -0.3 is 5.32 Å². The third-order valence-electron chi connectivity index (χ3n) is 5.32. The average molecular weight is 468 g/mol. The first-order valence-corrected chi connectivity index (χ1v) is 11.3. The van der Waals surface area contributed by atoms with Crippen molar-refractivity contribution in [2.45, 2.75) is 38.0 Å². The first kappa shape index (κ1) is 23.7. The van der Waals surface area contributed by atoms with E-state index in [9.17, 15) is 30.8 Å². The summed E-state index contributed by atoms with van der Waals surface area (Å²) in [6, 6.07) is 4.45. The molecule has 0 spiro atoms. The van der Waals surface area contributed by atoms with Crippen LogP contribution in [0.2, 0.25) is 0 Å². The van der Waals surface area contributed by atoms with Gasteiger partial charge in [-0.3, -0.25) is 4.84 Å². The summed E-state index contributed by atoms with van der Waals surface area (Å²) < 4.78 is 79.4. The number of carbonyl (C=O) groups is 1. The number of hydrogen-bond donors (Lipinski definition) is 2. The van der Waals surface area contributed by atoms with Crippen molar-refractivity contribution in [2.24, 2.45) is 5.92 Å². The lowest BCUT2D eigenvalue weighted by atomic mass is 9.99. The molecule has 1 unspecified atom stereocenters. The molecular weight excluding hydrogens is 444 g/mol. The number of amides is 2. The van der Waals surface area contributed by atoms with Crippen LogP contribution in [0.25, 0.3) is 0 Å². The highest BCUT2D eigenvalue weighted by molar-refractivity contribution is 7.86. The van der Waals surface area contributed by atoms with Crippen molar-refractivity contribution in [2.75, 3.05) is 31.5 Å². The maximum atomic E-state index is 13.0. The highest BCUT2D eigenvalue weighted by Gasteiger charge is 2.45. The molecule has 8 nitrogen and oxygen atoms in total. The Morgan fingerprint density at radius 1 is 1.03 bits per heavy atom. The zero-order chi connectivity index (χ0) is 22.6. The van der Waals surface area contributed by atoms with Crippen LogP contribution in [-0.4, -0.2) is 61.5 Å². The molecule has 2 aliphatic heterocycles. The number of halogens is 4. The minimum atomic E-state index is -4.42. The monoisotopic (exact) mass is 468 g/mol. The van der Waals surface area contributed by atoms with Gasteiger partial charge in [0.05, 0.1) is 12.0 Å². The Balaban J connectivity index is 1.45. The fourth-order valence-electron chi connectivity index (χ4n) is 3.59. The van der Waals surface area contributed by atoms with Gasteiger partial charge in [0.1, 0.15) is 5.82 Å². The fraction of sp³-hybridized carbons (Fsp3) is 0.611. The molecule has 0 aromatic heterocycles. The molecule has 2 saturated heterocycles. The molecule has 31 heavy (non-hydrogen) atoms. The SMILES string of the molecule is O=C(NOC1CCN(S(=O)(=O)N2CCCC(C(F)(F)F)C2)CC1)Nc1ccc(F)cc1. The van der Waals surface area contributed by atoms with Gasteiger partial charge in [-0.05, 0) is 49.9 Å². The van der Waals surface area contributed by atoms with Crippen LogP contribution < -0.4 is 10.8 Å². The average Bonchev–Trinajstić information content (AvgIpc) is 2.74. The lowest BCUT2D eigenvalue weighted by Gasteiger charge is -2.38. The molecule has 0 saturated carbocycles. The molecule has 2 N–H and O–H groups in total. The van der Waals surface area contributed by atoms with Crippen molar-refractivity contribution < 1.29 is 35.6 Å². The number of urea groups is 1. The van der Waals surface area contributed by atoms with Crippen molar-refractivity contribution in [3.8, 4) is 0 Å². The van der Waals surface area contributed by atoms with Gasteiger partial charge in [-0.25, -0.2) is 14.7 Å². The molecule has 1 aromatic carbocycles. The van der Waals surface area contributed by atoms with Gasteiger partial charge in [0.2, 0.25) is 0 Å². The Morgan fingerprint density at radius 3 is 2.29 bits per heavy atom. The van der Waals surface area contributed by atoms with Crippen molar-refractivity contribution in [3.63, 3.8) is 0 Å². The van der Waals surface area contributed by atoms with Crippen LogP contribution in [0.1, 0.15) is 25.7 Å². The third-order valence-corrected chi connectivity index (χ3v) is 7.32. The van der Waals surface area contributed by atoms with Crippen LogP contribution in [0, 0.1) is 11.7 Å². The Kier molecular flexibility index (Phi) is 7.39. The standard InChI is InChI=1S/C18H24F4N4O4S/c19-14-3-5-15(6-4-14)23-17(27)24-30-16-7-10-25(11-8-16)31(28,29)26-9-1-2-13(12-26)18(20,21)22/h3-6,13,16H,1-2,7-12H2,(H2,23,24,27). The number of benzene rings is 1. The molecule has 3 rings (SSSR count). The highest BCUT2D eigenvalue weighted by Crippen LogP contribution is 2.34. The van der Waals surface area contributed by atoms with E-state index < -0.39 is 46.8 Å². The van der Waals surface area contributed by atoms with Crippen LogP contribution in [0.15, 0.2) is 24.3 Å². The van der Waals surface area contributed by atoms with Gasteiger partial charge in [-0.2, -0.15) is 30.2 Å². The predicted octanol–water partition coefficient (Wildman–Crippen LogP) is 2.86. The predicted molar refractivity (Wildman–Crippen MR) is 104 cm³/mol. The Hall–Kier alpha value is -1.96. The first-order valence-electron chi connectivity index (χ1n) is 9.86. The summed E-state index contributed by atoms with van der Waals surface area (Å²) in [5, 5.41) is 2.45. The van der Waals surface area contributed by atoms with E-state index in [0.717, 1.165) is 8.61 Å². The normalized spacial score (nSPS) is 22.3. The number of nitrogens with one attached hydrogen (secondary N) is 2. The van der Waals surface area contributed by atoms with E-state index in [2.05, 4.69) is 10.8 Å². The second-order valence-electron chi connectivity index (χ2n) is 7.53. The summed E-state index contributed by atoms with van der Waals surface area (Å²) in [4.78, 5) is 17.1. The number of nitrogens with zero attached hydrogens (tertiary/aromatic N) is 2. The molecule has 0 bridgehead atoms. The van der Waals surface area contributed by atoms with Gasteiger partial charge in [0.15, 0.2) is 0 Å². The lowest BCUT2D eigenvalue weighted by Crippen LogP contribution is -2.52. The molecule has 1 atom stereocenters. The molecule has 174 valence electrons. The summed E-state index contributed by atoms with van der Waals surface area (Å²) in [6.07, 6.45) is -4.24. The maximum Gasteiger partial charge on any atom is 0.393 e. The van der Waals surface area contributed by atoms with E-state index >= 15 is 0 Å². The van der Waals surface area contributed by atoms with Crippen LogP contribution >= 0.6 is 0 Å². The lowest BCUT2D eigenvalue weighted by molar-refractivity contribution is -0.182. The topological polar surface area (TPSA) is 91.0 Å². The minimum absolute atomic E-state index is 0.0659. The van der Waals surface area contributed by atoms with E-state index in [1.165, 1.54) is 24.3 Å². The summed E-state index contributed by atoms with van der Waals surface area (Å²) in [5.74, 6) is -2.09. The smallest absolute Gasteiger partial charge is 0.306 e. The third kappa shape index (κ3) is 6.28. The summed E-state index contributed by atoms with van der Waals surface area (Å²) in [5.41, 5.74) is 2.57. The number of rotatable bonds is 5. The van der Waals surface area contributed by atoms with E-state index in [4.69, 9.17) is 4.84 Å². The van der Waals surface area contributed by atoms with Crippen molar-refractivity contribution in [3.05, 3.63) is 30.1 Å². The molecular formula is C18H24F4N4O4S. The molecule has 2 amide bonds. The maximum absolute atomic E-state index is 13.0. The molecule has 2 fully saturated rings. The van der Waals surface area contributed by atoms with Gasteiger partial charge >= 0.3 is 12.2 Å². The van der Waals surface area contributed by atoms with Crippen molar-refractivity contribution in [1.29, 1.82) is 0 Å². The zero-order valence-corrected chi connectivity index (χ0v) is 17.4. The van der Waals surface area contributed by atoms with Gasteiger partial charge in [-0.1, -0.05) is 0 Å². The fourth-order valence-corrected chi connectivity index (χ4v) is 5.32. The molecule has 2 aliphatic rings. The van der Waals surface area contributed by atoms with Crippen LogP contribution in [0.5, 0.6) is 0 Å². The Morgan fingerprint density at radius 2 is 1.68 bits per heavy atom. The first-order chi connectivity index (χ1) is 14.6. The quantitative estimate of drug-likeness (QED) is 0.514. The van der Waals surface area contributed by atoms with Gasteiger partial charge in [-0.15, -0.1) is 0 Å². The second-order valence-corrected chi connectivity index (χ2v) is 9.45. The van der Waals surface area contributed by atoms with E-state index in [1.807, 2.05) is 0 Å². The van der Waals surface area contributed by atoms with Crippen LogP contribution in [-0.2, 0) is 15.0 Å². The summed E-state index contributed by atoms with van der Waals surface area (Å²) >= 11 is 0. The van der Waals surface area contributed by atoms with Crippen LogP contribution in [0.3, 0.4) is 0 Å². The highest BCUT2D eigenvalue weighted by atomic mass is 32.2. The zero-order valence-electron chi connectivity index (χ0n) is 16.6. The number of piperidine rings is 2. The Labute approximate surface area is 177 Å². The molecule has 13 heteroatoms. The molecule has 0 radical (unpaired) electrons. The number of hydrogen-bond acceptors (Lipinski definition) is 4. The van der Waals surface area contributed by atoms with Gasteiger partial charge in [0, 0.05) is 31.9 Å². The van der Waals surface area contributed by atoms with E-state index in [0.29, 0.717) is 5.69 Å². The largest absolute Gasteiger partial charge is 0.393 e. The minimum Gasteiger partial charge on any atom is -0.306 e. The van der Waals surface area contributed by atoms with Gasteiger partial charge in [0.25, 0.3) is 10.2 Å². The number of hydroxylamine groups is 1. The van der Waals surface area contributed by atoms with E-state index in [-0.39, 0.29) is 45.3 Å². The van der Waals surface area contributed by atoms with E-state index in [1.54, 1.807) is 0 Å². The number of carbonyl (C=O) groups excluding carboxylic acids is 1.